The molecule has 1 aliphatic carbocycles. The van der Waals surface area contributed by atoms with Crippen molar-refractivity contribution in [3.63, 3.8) is 0 Å². The van der Waals surface area contributed by atoms with Crippen LogP contribution in [0.2, 0.25) is 0 Å². The number of rotatable bonds is 11. The second-order valence-corrected chi connectivity index (χ2v) is 11.5. The van der Waals surface area contributed by atoms with E-state index in [-0.39, 0.29) is 29.9 Å². The Morgan fingerprint density at radius 1 is 1.26 bits per heavy atom. The minimum absolute atomic E-state index is 0.0999. The van der Waals surface area contributed by atoms with Crippen molar-refractivity contribution >= 4 is 22.8 Å². The van der Waals surface area contributed by atoms with E-state index in [2.05, 4.69) is 11.9 Å². The summed E-state index contributed by atoms with van der Waals surface area (Å²) >= 11 is 1.36. The quantitative estimate of drug-likeness (QED) is 0.316. The zero-order valence-electron chi connectivity index (χ0n) is 20.8. The van der Waals surface area contributed by atoms with Gasteiger partial charge >= 0.3 is 12.1 Å². The number of benzene rings is 1. The van der Waals surface area contributed by atoms with Crippen molar-refractivity contribution in [1.82, 2.24) is 0 Å². The Hall–Kier alpha value is -1.74. The SMILES string of the molecule is CCCCCCCCOc1ccc(C2CN=C([C@]3(N)CC(C)(C(=O)O)C[C@H]3C)S2)cc1C(F)(F)F. The lowest BCUT2D eigenvalue weighted by molar-refractivity contribution is -0.147. The average Bonchev–Trinajstić information content (AvgIpc) is 3.37. The van der Waals surface area contributed by atoms with E-state index in [9.17, 15) is 23.1 Å². The third kappa shape index (κ3) is 6.34. The summed E-state index contributed by atoms with van der Waals surface area (Å²) in [6, 6.07) is 4.24. The van der Waals surface area contributed by atoms with Crippen molar-refractivity contribution in [2.24, 2.45) is 22.1 Å². The molecule has 1 saturated carbocycles. The molecule has 2 aliphatic rings. The Balaban J connectivity index is 1.67. The van der Waals surface area contributed by atoms with Crippen LogP contribution in [0, 0.1) is 11.3 Å². The number of unbranched alkanes of at least 4 members (excludes halogenated alkanes) is 5. The Morgan fingerprint density at radius 3 is 2.57 bits per heavy atom. The van der Waals surface area contributed by atoms with Gasteiger partial charge in [0.1, 0.15) is 5.75 Å². The van der Waals surface area contributed by atoms with Crippen LogP contribution >= 0.6 is 11.8 Å². The van der Waals surface area contributed by atoms with Gasteiger partial charge in [-0.05, 0) is 49.8 Å². The minimum atomic E-state index is -4.53. The Kier molecular flexibility index (Phi) is 8.84. The topological polar surface area (TPSA) is 84.9 Å². The molecule has 1 aliphatic heterocycles. The van der Waals surface area contributed by atoms with Crippen molar-refractivity contribution < 1.29 is 27.8 Å². The molecule has 1 heterocycles. The van der Waals surface area contributed by atoms with Crippen LogP contribution < -0.4 is 10.5 Å². The Bertz CT molecular complexity index is 939. The lowest BCUT2D eigenvalue weighted by Crippen LogP contribution is -2.49. The smallest absolute Gasteiger partial charge is 0.419 e. The Labute approximate surface area is 210 Å². The fourth-order valence-corrected chi connectivity index (χ4v) is 6.51. The number of aliphatic imine (C=N–C) groups is 1. The number of carboxylic acids is 1. The highest BCUT2D eigenvalue weighted by molar-refractivity contribution is 8.14. The van der Waals surface area contributed by atoms with Gasteiger partial charge in [0, 0.05) is 0 Å². The highest BCUT2D eigenvalue weighted by atomic mass is 32.2. The molecule has 2 unspecified atom stereocenters. The van der Waals surface area contributed by atoms with Gasteiger partial charge in [0.15, 0.2) is 0 Å². The van der Waals surface area contributed by atoms with Crippen molar-refractivity contribution in [2.45, 2.75) is 89.1 Å². The van der Waals surface area contributed by atoms with Crippen LogP contribution in [-0.4, -0.2) is 34.8 Å². The van der Waals surface area contributed by atoms with Crippen molar-refractivity contribution in [3.8, 4) is 5.75 Å². The molecule has 3 rings (SSSR count). The predicted molar refractivity (Wildman–Crippen MR) is 134 cm³/mol. The van der Waals surface area contributed by atoms with Crippen LogP contribution in [0.15, 0.2) is 23.2 Å². The maximum absolute atomic E-state index is 13.8. The second kappa shape index (κ2) is 11.1. The van der Waals surface area contributed by atoms with Crippen molar-refractivity contribution in [2.75, 3.05) is 13.2 Å². The largest absolute Gasteiger partial charge is 0.493 e. The maximum atomic E-state index is 13.8. The molecule has 1 aromatic rings. The van der Waals surface area contributed by atoms with Crippen LogP contribution in [0.4, 0.5) is 13.2 Å². The van der Waals surface area contributed by atoms with Crippen LogP contribution in [0.5, 0.6) is 5.75 Å². The molecule has 0 saturated heterocycles. The van der Waals surface area contributed by atoms with Crippen LogP contribution in [0.25, 0.3) is 0 Å². The lowest BCUT2D eigenvalue weighted by atomic mass is 9.86. The van der Waals surface area contributed by atoms with E-state index in [1.54, 1.807) is 13.0 Å². The van der Waals surface area contributed by atoms with Gasteiger partial charge < -0.3 is 15.6 Å². The zero-order chi connectivity index (χ0) is 25.9. The number of carboxylic acid groups (broad SMARTS) is 1. The summed E-state index contributed by atoms with van der Waals surface area (Å²) in [7, 11) is 0. The monoisotopic (exact) mass is 514 g/mol. The van der Waals surface area contributed by atoms with E-state index in [1.807, 2.05) is 6.92 Å². The second-order valence-electron chi connectivity index (χ2n) is 10.3. The molecular weight excluding hydrogens is 477 g/mol. The number of carbonyl (C=O) groups is 1. The molecule has 0 aromatic heterocycles. The molecule has 4 atom stereocenters. The summed E-state index contributed by atoms with van der Waals surface area (Å²) in [5.74, 6) is -1.13. The van der Waals surface area contributed by atoms with Crippen molar-refractivity contribution in [3.05, 3.63) is 29.3 Å². The van der Waals surface area contributed by atoms with Gasteiger partial charge in [-0.3, -0.25) is 9.79 Å². The van der Waals surface area contributed by atoms with Crippen LogP contribution in [0.3, 0.4) is 0 Å². The number of hydrogen-bond donors (Lipinski definition) is 2. The normalized spacial score (nSPS) is 28.8. The molecule has 0 spiro atoms. The van der Waals surface area contributed by atoms with Gasteiger partial charge in [-0.25, -0.2) is 0 Å². The minimum Gasteiger partial charge on any atom is -0.493 e. The number of nitrogens with zero attached hydrogens (tertiary/aromatic N) is 1. The summed E-state index contributed by atoms with van der Waals surface area (Å²) in [6.45, 7) is 6.32. The lowest BCUT2D eigenvalue weighted by Gasteiger charge is -2.30. The molecule has 0 radical (unpaired) electrons. The maximum Gasteiger partial charge on any atom is 0.419 e. The molecule has 1 fully saturated rings. The molecular formula is C26H37F3N2O3S. The number of halogens is 3. The molecule has 5 nitrogen and oxygen atoms in total. The zero-order valence-corrected chi connectivity index (χ0v) is 21.6. The number of alkyl halides is 3. The summed E-state index contributed by atoms with van der Waals surface area (Å²) in [6.07, 6.45) is 2.36. The summed E-state index contributed by atoms with van der Waals surface area (Å²) in [4.78, 5) is 16.3. The molecule has 0 amide bonds. The highest BCUT2D eigenvalue weighted by Gasteiger charge is 2.55. The van der Waals surface area contributed by atoms with Gasteiger partial charge in [-0.2, -0.15) is 13.2 Å². The van der Waals surface area contributed by atoms with Crippen molar-refractivity contribution in [1.29, 1.82) is 0 Å². The first-order valence-electron chi connectivity index (χ1n) is 12.5. The van der Waals surface area contributed by atoms with Crippen LogP contribution in [0.1, 0.15) is 88.5 Å². The van der Waals surface area contributed by atoms with E-state index in [1.165, 1.54) is 24.2 Å². The summed E-state index contributed by atoms with van der Waals surface area (Å²) in [5.41, 5.74) is 4.59. The number of hydrogen-bond acceptors (Lipinski definition) is 5. The predicted octanol–water partition coefficient (Wildman–Crippen LogP) is 6.85. The summed E-state index contributed by atoms with van der Waals surface area (Å²) in [5, 5.41) is 9.97. The first-order valence-corrected chi connectivity index (χ1v) is 13.4. The Morgan fingerprint density at radius 2 is 1.94 bits per heavy atom. The highest BCUT2D eigenvalue weighted by Crippen LogP contribution is 2.52. The fourth-order valence-electron chi connectivity index (χ4n) is 5.16. The molecule has 196 valence electrons. The average molecular weight is 515 g/mol. The van der Waals surface area contributed by atoms with Gasteiger partial charge in [-0.15, -0.1) is 0 Å². The fraction of sp³-hybridized carbons (Fsp3) is 0.692. The number of nitrogens with two attached hydrogens (primary N) is 1. The van der Waals surface area contributed by atoms with E-state index in [0.717, 1.165) is 38.2 Å². The van der Waals surface area contributed by atoms with E-state index in [4.69, 9.17) is 10.5 Å². The van der Waals surface area contributed by atoms with Gasteiger partial charge in [-0.1, -0.05) is 63.8 Å². The third-order valence-corrected chi connectivity index (χ3v) is 8.76. The summed E-state index contributed by atoms with van der Waals surface area (Å²) < 4.78 is 47.0. The standard InChI is InChI=1S/C26H37F3N2O3S/c1-4-5-6-7-8-9-12-34-20-11-10-18(13-19(20)26(27,28)29)21-15-31-22(35-21)25(30)16-24(3,23(32)33)14-17(25)2/h10-11,13,17,21H,4-9,12,14-16,30H2,1-3H3,(H,32,33)/t17-,21?,24?,25+/m1/s1. The van der Waals surface area contributed by atoms with Gasteiger partial charge in [0.25, 0.3) is 0 Å². The van der Waals surface area contributed by atoms with Gasteiger partial charge in [0.2, 0.25) is 0 Å². The molecule has 9 heteroatoms. The molecule has 3 N–H and O–H groups in total. The van der Waals surface area contributed by atoms with E-state index >= 15 is 0 Å². The van der Waals surface area contributed by atoms with Crippen LogP contribution in [-0.2, 0) is 11.0 Å². The van der Waals surface area contributed by atoms with Gasteiger partial charge in [0.05, 0.1) is 40.0 Å². The first-order chi connectivity index (χ1) is 16.4. The number of ether oxygens (including phenoxy) is 1. The first kappa shape index (κ1) is 27.8. The number of thioether (sulfide) groups is 1. The molecule has 0 bridgehead atoms. The number of aliphatic carboxylic acids is 1. The van der Waals surface area contributed by atoms with E-state index < -0.39 is 28.7 Å². The molecule has 35 heavy (non-hydrogen) atoms. The third-order valence-electron chi connectivity index (χ3n) is 7.32. The molecule has 1 aromatic carbocycles. The van der Waals surface area contributed by atoms with E-state index in [0.29, 0.717) is 23.6 Å².